The largest absolute Gasteiger partial charge is 0.478 e. The molecule has 0 fully saturated rings. The molecule has 0 amide bonds. The molecule has 16 heavy (non-hydrogen) atoms. The number of nitrogens with two attached hydrogens (primary N) is 1. The Bertz CT molecular complexity index is 389. The molecular formula is C12H18N2O2. The van der Waals surface area contributed by atoms with E-state index in [0.717, 1.165) is 12.2 Å². The zero-order valence-electron chi connectivity index (χ0n) is 9.90. The van der Waals surface area contributed by atoms with Gasteiger partial charge in [0.05, 0.1) is 16.9 Å². The van der Waals surface area contributed by atoms with Crippen molar-refractivity contribution in [2.75, 3.05) is 24.2 Å². The van der Waals surface area contributed by atoms with Crippen LogP contribution in [0.3, 0.4) is 0 Å². The molecule has 1 aromatic carbocycles. The van der Waals surface area contributed by atoms with Gasteiger partial charge in [0.2, 0.25) is 0 Å². The van der Waals surface area contributed by atoms with Gasteiger partial charge < -0.3 is 15.7 Å². The van der Waals surface area contributed by atoms with Crippen molar-refractivity contribution in [3.63, 3.8) is 0 Å². The standard InChI is InChI=1S/C12H18N2O2/c1-8(2)7-14(3)11-5-4-9(12(15)16)6-10(11)13/h4-6,8H,7,13H2,1-3H3,(H,15,16). The third kappa shape index (κ3) is 2.89. The fraction of sp³-hybridized carbons (Fsp3) is 0.417. The number of hydrogen-bond donors (Lipinski definition) is 2. The van der Waals surface area contributed by atoms with Crippen LogP contribution in [0.1, 0.15) is 24.2 Å². The number of anilines is 2. The van der Waals surface area contributed by atoms with Crippen LogP contribution < -0.4 is 10.6 Å². The van der Waals surface area contributed by atoms with Gasteiger partial charge in [0.25, 0.3) is 0 Å². The smallest absolute Gasteiger partial charge is 0.335 e. The number of hydrogen-bond acceptors (Lipinski definition) is 3. The zero-order valence-corrected chi connectivity index (χ0v) is 9.90. The third-order valence-electron chi connectivity index (χ3n) is 2.32. The highest BCUT2D eigenvalue weighted by Crippen LogP contribution is 2.24. The molecule has 0 unspecified atom stereocenters. The van der Waals surface area contributed by atoms with Crippen molar-refractivity contribution < 1.29 is 9.90 Å². The summed E-state index contributed by atoms with van der Waals surface area (Å²) in [5.74, 6) is -0.423. The number of carboxylic acid groups (broad SMARTS) is 1. The van der Waals surface area contributed by atoms with E-state index in [1.807, 2.05) is 11.9 Å². The fourth-order valence-electron chi connectivity index (χ4n) is 1.68. The van der Waals surface area contributed by atoms with Crippen LogP contribution in [0, 0.1) is 5.92 Å². The van der Waals surface area contributed by atoms with Crippen LogP contribution in [0.15, 0.2) is 18.2 Å². The van der Waals surface area contributed by atoms with Crippen molar-refractivity contribution >= 4 is 17.3 Å². The molecule has 0 aromatic heterocycles. The molecule has 0 spiro atoms. The highest BCUT2D eigenvalue weighted by atomic mass is 16.4. The summed E-state index contributed by atoms with van der Waals surface area (Å²) in [5.41, 5.74) is 7.43. The molecule has 0 bridgehead atoms. The minimum atomic E-state index is -0.954. The molecule has 0 radical (unpaired) electrons. The van der Waals surface area contributed by atoms with Gasteiger partial charge in [0.15, 0.2) is 0 Å². The van der Waals surface area contributed by atoms with Crippen molar-refractivity contribution in [2.45, 2.75) is 13.8 Å². The van der Waals surface area contributed by atoms with Crippen LogP contribution in [-0.2, 0) is 0 Å². The predicted molar refractivity (Wildman–Crippen MR) is 65.9 cm³/mol. The Hall–Kier alpha value is -1.71. The first-order chi connectivity index (χ1) is 7.41. The first-order valence-electron chi connectivity index (χ1n) is 5.25. The van der Waals surface area contributed by atoms with E-state index in [9.17, 15) is 4.79 Å². The average Bonchev–Trinajstić information content (AvgIpc) is 2.15. The van der Waals surface area contributed by atoms with E-state index < -0.39 is 5.97 Å². The molecule has 0 aliphatic heterocycles. The van der Waals surface area contributed by atoms with Gasteiger partial charge in [-0.05, 0) is 24.1 Å². The van der Waals surface area contributed by atoms with Crippen LogP contribution >= 0.6 is 0 Å². The van der Waals surface area contributed by atoms with Crippen LogP contribution in [0.2, 0.25) is 0 Å². The first kappa shape index (κ1) is 12.4. The normalized spacial score (nSPS) is 10.5. The summed E-state index contributed by atoms with van der Waals surface area (Å²) in [4.78, 5) is 12.8. The second-order valence-corrected chi connectivity index (χ2v) is 4.35. The maximum Gasteiger partial charge on any atom is 0.335 e. The Kier molecular flexibility index (Phi) is 3.77. The summed E-state index contributed by atoms with van der Waals surface area (Å²) in [6.07, 6.45) is 0. The lowest BCUT2D eigenvalue weighted by atomic mass is 10.1. The number of carboxylic acids is 1. The molecule has 0 heterocycles. The topological polar surface area (TPSA) is 66.6 Å². The Morgan fingerprint density at radius 3 is 2.56 bits per heavy atom. The van der Waals surface area contributed by atoms with Crippen molar-refractivity contribution in [2.24, 2.45) is 5.92 Å². The lowest BCUT2D eigenvalue weighted by molar-refractivity contribution is 0.0697. The molecule has 0 saturated heterocycles. The Balaban J connectivity index is 2.94. The second kappa shape index (κ2) is 4.88. The molecule has 1 rings (SSSR count). The minimum Gasteiger partial charge on any atom is -0.478 e. The maximum absolute atomic E-state index is 10.7. The minimum absolute atomic E-state index is 0.221. The van der Waals surface area contributed by atoms with E-state index in [0.29, 0.717) is 11.6 Å². The van der Waals surface area contributed by atoms with Gasteiger partial charge in [0, 0.05) is 13.6 Å². The average molecular weight is 222 g/mol. The third-order valence-corrected chi connectivity index (χ3v) is 2.32. The monoisotopic (exact) mass is 222 g/mol. The van der Waals surface area contributed by atoms with Gasteiger partial charge in [-0.2, -0.15) is 0 Å². The van der Waals surface area contributed by atoms with E-state index in [2.05, 4.69) is 13.8 Å². The number of aromatic carboxylic acids is 1. The summed E-state index contributed by atoms with van der Waals surface area (Å²) >= 11 is 0. The first-order valence-corrected chi connectivity index (χ1v) is 5.25. The number of carbonyl (C=O) groups is 1. The van der Waals surface area contributed by atoms with Crippen molar-refractivity contribution in [1.29, 1.82) is 0 Å². The lowest BCUT2D eigenvalue weighted by Gasteiger charge is -2.23. The molecule has 0 aliphatic carbocycles. The molecule has 3 N–H and O–H groups in total. The Morgan fingerprint density at radius 1 is 1.50 bits per heavy atom. The zero-order chi connectivity index (χ0) is 12.3. The van der Waals surface area contributed by atoms with Crippen LogP contribution in [0.25, 0.3) is 0 Å². The molecule has 0 aliphatic rings. The summed E-state index contributed by atoms with van der Waals surface area (Å²) in [6.45, 7) is 5.13. The van der Waals surface area contributed by atoms with Gasteiger partial charge in [-0.15, -0.1) is 0 Å². The van der Waals surface area contributed by atoms with E-state index in [4.69, 9.17) is 10.8 Å². The molecule has 0 atom stereocenters. The lowest BCUT2D eigenvalue weighted by Crippen LogP contribution is -2.23. The Morgan fingerprint density at radius 2 is 2.12 bits per heavy atom. The van der Waals surface area contributed by atoms with Crippen LogP contribution in [0.5, 0.6) is 0 Å². The summed E-state index contributed by atoms with van der Waals surface area (Å²) < 4.78 is 0. The van der Waals surface area contributed by atoms with Crippen molar-refractivity contribution in [3.05, 3.63) is 23.8 Å². The van der Waals surface area contributed by atoms with E-state index in [1.165, 1.54) is 6.07 Å². The van der Waals surface area contributed by atoms with Gasteiger partial charge in [-0.1, -0.05) is 13.8 Å². The second-order valence-electron chi connectivity index (χ2n) is 4.35. The SMILES string of the molecule is CC(C)CN(C)c1ccc(C(=O)O)cc1N. The number of rotatable bonds is 4. The molecule has 4 nitrogen and oxygen atoms in total. The Labute approximate surface area is 95.7 Å². The summed E-state index contributed by atoms with van der Waals surface area (Å²) in [7, 11) is 1.95. The molecule has 88 valence electrons. The summed E-state index contributed by atoms with van der Waals surface area (Å²) in [5, 5.41) is 8.82. The van der Waals surface area contributed by atoms with E-state index in [1.54, 1.807) is 12.1 Å². The molecular weight excluding hydrogens is 204 g/mol. The highest BCUT2D eigenvalue weighted by molar-refractivity contribution is 5.90. The van der Waals surface area contributed by atoms with Gasteiger partial charge >= 0.3 is 5.97 Å². The molecule has 4 heteroatoms. The molecule has 1 aromatic rings. The van der Waals surface area contributed by atoms with Gasteiger partial charge in [-0.25, -0.2) is 4.79 Å². The number of nitrogen functional groups attached to an aromatic ring is 1. The van der Waals surface area contributed by atoms with Crippen LogP contribution in [0.4, 0.5) is 11.4 Å². The van der Waals surface area contributed by atoms with Gasteiger partial charge in [-0.3, -0.25) is 0 Å². The van der Waals surface area contributed by atoms with Crippen LogP contribution in [-0.4, -0.2) is 24.7 Å². The summed E-state index contributed by atoms with van der Waals surface area (Å²) in [6, 6.07) is 4.82. The van der Waals surface area contributed by atoms with Crippen molar-refractivity contribution in [1.82, 2.24) is 0 Å². The van der Waals surface area contributed by atoms with E-state index >= 15 is 0 Å². The maximum atomic E-state index is 10.7. The molecule has 0 saturated carbocycles. The number of nitrogens with zero attached hydrogens (tertiary/aromatic N) is 1. The highest BCUT2D eigenvalue weighted by Gasteiger charge is 2.10. The quantitative estimate of drug-likeness (QED) is 0.765. The number of benzene rings is 1. The van der Waals surface area contributed by atoms with E-state index in [-0.39, 0.29) is 5.56 Å². The van der Waals surface area contributed by atoms with Crippen molar-refractivity contribution in [3.8, 4) is 0 Å². The predicted octanol–water partition coefficient (Wildman–Crippen LogP) is 2.06. The fourth-order valence-corrected chi connectivity index (χ4v) is 1.68. The van der Waals surface area contributed by atoms with Gasteiger partial charge in [0.1, 0.15) is 0 Å².